The standard InChI is InChI=1S/C17H14N2/c18-17-12-11-15-14(7-4-8-16(15)19-17)10-9-13-5-2-1-3-6-13/h1-12H,(H2,18,19)/b10-9+. The predicted molar refractivity (Wildman–Crippen MR) is 81.5 cm³/mol. The van der Waals surface area contributed by atoms with Crippen molar-refractivity contribution in [3.05, 3.63) is 71.8 Å². The quantitative estimate of drug-likeness (QED) is 0.694. The van der Waals surface area contributed by atoms with Gasteiger partial charge in [-0.2, -0.15) is 0 Å². The molecule has 0 bridgehead atoms. The number of pyridine rings is 1. The van der Waals surface area contributed by atoms with Gasteiger partial charge in [-0.25, -0.2) is 4.98 Å². The van der Waals surface area contributed by atoms with Gasteiger partial charge >= 0.3 is 0 Å². The van der Waals surface area contributed by atoms with E-state index in [-0.39, 0.29) is 0 Å². The largest absolute Gasteiger partial charge is 0.384 e. The predicted octanol–water partition coefficient (Wildman–Crippen LogP) is 3.99. The van der Waals surface area contributed by atoms with Gasteiger partial charge < -0.3 is 5.73 Å². The minimum atomic E-state index is 0.552. The van der Waals surface area contributed by atoms with E-state index in [2.05, 4.69) is 35.3 Å². The fraction of sp³-hybridized carbons (Fsp3) is 0. The highest BCUT2D eigenvalue weighted by Gasteiger charge is 1.99. The normalized spacial score (nSPS) is 11.2. The number of nitrogens with zero attached hydrogens (tertiary/aromatic N) is 1. The molecule has 0 amide bonds. The van der Waals surface area contributed by atoms with Crippen LogP contribution in [0.15, 0.2) is 60.7 Å². The van der Waals surface area contributed by atoms with E-state index in [9.17, 15) is 0 Å². The van der Waals surface area contributed by atoms with Crippen molar-refractivity contribution >= 4 is 28.9 Å². The molecule has 0 spiro atoms. The Morgan fingerprint density at radius 1 is 0.789 bits per heavy atom. The smallest absolute Gasteiger partial charge is 0.124 e. The van der Waals surface area contributed by atoms with Crippen LogP contribution in [0.1, 0.15) is 11.1 Å². The summed E-state index contributed by atoms with van der Waals surface area (Å²) < 4.78 is 0. The van der Waals surface area contributed by atoms with Crippen molar-refractivity contribution in [2.75, 3.05) is 5.73 Å². The van der Waals surface area contributed by atoms with Crippen LogP contribution >= 0.6 is 0 Å². The van der Waals surface area contributed by atoms with Crippen LogP contribution in [-0.4, -0.2) is 4.98 Å². The number of nitrogen functional groups attached to an aromatic ring is 1. The van der Waals surface area contributed by atoms with Crippen LogP contribution in [0.5, 0.6) is 0 Å². The molecule has 2 heteroatoms. The van der Waals surface area contributed by atoms with Crippen molar-refractivity contribution in [1.82, 2.24) is 4.98 Å². The Balaban J connectivity index is 2.04. The van der Waals surface area contributed by atoms with Crippen molar-refractivity contribution in [2.45, 2.75) is 0 Å². The van der Waals surface area contributed by atoms with Crippen LogP contribution in [-0.2, 0) is 0 Å². The maximum absolute atomic E-state index is 5.71. The lowest BCUT2D eigenvalue weighted by atomic mass is 10.1. The number of rotatable bonds is 2. The third kappa shape index (κ3) is 2.47. The average Bonchev–Trinajstić information content (AvgIpc) is 2.45. The van der Waals surface area contributed by atoms with Gasteiger partial charge in [0, 0.05) is 5.39 Å². The minimum Gasteiger partial charge on any atom is -0.384 e. The zero-order valence-corrected chi connectivity index (χ0v) is 10.5. The fourth-order valence-electron chi connectivity index (χ4n) is 2.09. The molecule has 0 aliphatic rings. The summed E-state index contributed by atoms with van der Waals surface area (Å²) in [6.07, 6.45) is 4.21. The first-order chi connectivity index (χ1) is 9.33. The molecule has 1 heterocycles. The molecule has 3 aromatic rings. The van der Waals surface area contributed by atoms with E-state index in [1.54, 1.807) is 0 Å². The Morgan fingerprint density at radius 2 is 1.63 bits per heavy atom. The lowest BCUT2D eigenvalue weighted by Gasteiger charge is -2.02. The molecule has 19 heavy (non-hydrogen) atoms. The van der Waals surface area contributed by atoms with Crippen molar-refractivity contribution in [3.63, 3.8) is 0 Å². The summed E-state index contributed by atoms with van der Waals surface area (Å²) >= 11 is 0. The number of benzene rings is 2. The van der Waals surface area contributed by atoms with Crippen LogP contribution in [0.25, 0.3) is 23.1 Å². The van der Waals surface area contributed by atoms with E-state index >= 15 is 0 Å². The van der Waals surface area contributed by atoms with Gasteiger partial charge in [-0.1, -0.05) is 54.6 Å². The SMILES string of the molecule is Nc1ccc2c(/C=C/c3ccccc3)cccc2n1. The van der Waals surface area contributed by atoms with Crippen LogP contribution in [0.3, 0.4) is 0 Å². The third-order valence-corrected chi connectivity index (χ3v) is 3.04. The van der Waals surface area contributed by atoms with Crippen LogP contribution in [0.2, 0.25) is 0 Å². The molecular formula is C17H14N2. The molecule has 0 unspecified atom stereocenters. The molecule has 2 nitrogen and oxygen atoms in total. The van der Waals surface area contributed by atoms with Crippen LogP contribution < -0.4 is 5.73 Å². The Hall–Kier alpha value is -2.61. The molecular weight excluding hydrogens is 232 g/mol. The molecule has 0 saturated heterocycles. The molecule has 2 N–H and O–H groups in total. The van der Waals surface area contributed by atoms with Gasteiger partial charge in [-0.3, -0.25) is 0 Å². The Bertz CT molecular complexity index is 731. The first-order valence-corrected chi connectivity index (χ1v) is 6.21. The van der Waals surface area contributed by atoms with E-state index in [0.717, 1.165) is 16.5 Å². The molecule has 0 aliphatic carbocycles. The molecule has 92 valence electrons. The van der Waals surface area contributed by atoms with Gasteiger partial charge in [0.25, 0.3) is 0 Å². The van der Waals surface area contributed by atoms with Gasteiger partial charge in [0.2, 0.25) is 0 Å². The number of fused-ring (bicyclic) bond motifs is 1. The van der Waals surface area contributed by atoms with E-state index in [4.69, 9.17) is 5.73 Å². The summed E-state index contributed by atoms with van der Waals surface area (Å²) in [5, 5.41) is 1.11. The highest BCUT2D eigenvalue weighted by atomic mass is 14.8. The average molecular weight is 246 g/mol. The van der Waals surface area contributed by atoms with E-state index in [0.29, 0.717) is 5.82 Å². The highest BCUT2D eigenvalue weighted by molar-refractivity contribution is 5.91. The summed E-state index contributed by atoms with van der Waals surface area (Å²) in [5.41, 5.74) is 8.97. The Labute approximate surface area is 112 Å². The molecule has 1 aromatic heterocycles. The van der Waals surface area contributed by atoms with Crippen molar-refractivity contribution in [2.24, 2.45) is 0 Å². The fourth-order valence-corrected chi connectivity index (χ4v) is 2.09. The lowest BCUT2D eigenvalue weighted by Crippen LogP contribution is -1.90. The summed E-state index contributed by atoms with van der Waals surface area (Å²) in [4.78, 5) is 4.34. The zero-order valence-electron chi connectivity index (χ0n) is 10.5. The third-order valence-electron chi connectivity index (χ3n) is 3.04. The van der Waals surface area contributed by atoms with Gasteiger partial charge in [-0.15, -0.1) is 0 Å². The van der Waals surface area contributed by atoms with Crippen molar-refractivity contribution in [1.29, 1.82) is 0 Å². The molecule has 0 fully saturated rings. The van der Waals surface area contributed by atoms with Crippen molar-refractivity contribution < 1.29 is 0 Å². The molecule has 0 atom stereocenters. The highest BCUT2D eigenvalue weighted by Crippen LogP contribution is 2.20. The topological polar surface area (TPSA) is 38.9 Å². The first kappa shape index (κ1) is 11.5. The zero-order chi connectivity index (χ0) is 13.1. The van der Waals surface area contributed by atoms with E-state index in [1.165, 1.54) is 5.56 Å². The monoisotopic (exact) mass is 246 g/mol. The molecule has 3 rings (SSSR count). The summed E-state index contributed by atoms with van der Waals surface area (Å²) in [5.74, 6) is 0.552. The second-order valence-corrected chi connectivity index (χ2v) is 4.39. The lowest BCUT2D eigenvalue weighted by molar-refractivity contribution is 1.41. The molecule has 0 saturated carbocycles. The molecule has 0 aliphatic heterocycles. The van der Waals surface area contributed by atoms with Gasteiger partial charge in [0.15, 0.2) is 0 Å². The Morgan fingerprint density at radius 3 is 2.47 bits per heavy atom. The number of hydrogen-bond donors (Lipinski definition) is 1. The minimum absolute atomic E-state index is 0.552. The van der Waals surface area contributed by atoms with Gasteiger partial charge in [-0.05, 0) is 29.3 Å². The molecule has 2 aromatic carbocycles. The number of anilines is 1. The van der Waals surface area contributed by atoms with Crippen LogP contribution in [0.4, 0.5) is 5.82 Å². The molecule has 0 radical (unpaired) electrons. The Kier molecular flexibility index (Phi) is 2.99. The van der Waals surface area contributed by atoms with Crippen molar-refractivity contribution in [3.8, 4) is 0 Å². The number of hydrogen-bond acceptors (Lipinski definition) is 2. The maximum atomic E-state index is 5.71. The number of nitrogens with two attached hydrogens (primary N) is 1. The number of aromatic nitrogens is 1. The van der Waals surface area contributed by atoms with E-state index in [1.807, 2.05) is 42.5 Å². The van der Waals surface area contributed by atoms with Gasteiger partial charge in [0.1, 0.15) is 5.82 Å². The first-order valence-electron chi connectivity index (χ1n) is 6.21. The van der Waals surface area contributed by atoms with Crippen LogP contribution in [0, 0.1) is 0 Å². The summed E-state index contributed by atoms with van der Waals surface area (Å²) in [7, 11) is 0. The second-order valence-electron chi connectivity index (χ2n) is 4.39. The second kappa shape index (κ2) is 4.94. The maximum Gasteiger partial charge on any atom is 0.124 e. The van der Waals surface area contributed by atoms with Gasteiger partial charge in [0.05, 0.1) is 5.52 Å². The summed E-state index contributed by atoms with van der Waals surface area (Å²) in [6.45, 7) is 0. The summed E-state index contributed by atoms with van der Waals surface area (Å²) in [6, 6.07) is 20.2. The van der Waals surface area contributed by atoms with E-state index < -0.39 is 0 Å².